The van der Waals surface area contributed by atoms with E-state index in [1.165, 1.54) is 0 Å². The average Bonchev–Trinajstić information content (AvgIpc) is 2.26. The summed E-state index contributed by atoms with van der Waals surface area (Å²) in [6, 6.07) is 0. The van der Waals surface area contributed by atoms with Crippen LogP contribution in [-0.4, -0.2) is 42.7 Å². The largest absolute Gasteiger partial charge is 0.393 e. The molecule has 0 radical (unpaired) electrons. The van der Waals surface area contributed by atoms with Crippen LogP contribution in [0.2, 0.25) is 0 Å². The minimum absolute atomic E-state index is 0.278. The molecule has 0 aliphatic rings. The summed E-state index contributed by atoms with van der Waals surface area (Å²) in [5.41, 5.74) is 5.62. The Morgan fingerprint density at radius 1 is 1.29 bits per heavy atom. The molecule has 0 aromatic rings. The smallest absolute Gasteiger partial charge is 0.0768 e. The third-order valence-corrected chi connectivity index (χ3v) is 3.26. The summed E-state index contributed by atoms with van der Waals surface area (Å²) in [5.74, 6) is 0.993. The third kappa shape index (κ3) is 9.51. The van der Waals surface area contributed by atoms with Crippen LogP contribution < -0.4 is 5.73 Å². The Morgan fingerprint density at radius 2 is 1.94 bits per heavy atom. The van der Waals surface area contributed by atoms with Crippen LogP contribution in [0, 0.1) is 11.8 Å². The standard InChI is InChI=1S/C13H28N2OS/c1-5-15(10-12(4)13(14)17)7-9-16-8-6-11(2)3/h11-12H,5-10H2,1-4H3,(H2,14,17). The number of hydrogen-bond donors (Lipinski definition) is 1. The molecule has 102 valence electrons. The molecule has 4 heteroatoms. The monoisotopic (exact) mass is 260 g/mol. The lowest BCUT2D eigenvalue weighted by atomic mass is 10.1. The number of nitrogens with two attached hydrogens (primary N) is 1. The van der Waals surface area contributed by atoms with Crippen molar-refractivity contribution >= 4 is 17.2 Å². The van der Waals surface area contributed by atoms with Gasteiger partial charge in [-0.25, -0.2) is 0 Å². The van der Waals surface area contributed by atoms with Crippen LogP contribution in [0.3, 0.4) is 0 Å². The van der Waals surface area contributed by atoms with Gasteiger partial charge in [0.25, 0.3) is 0 Å². The summed E-state index contributed by atoms with van der Waals surface area (Å²) in [5, 5.41) is 0. The van der Waals surface area contributed by atoms with Crippen molar-refractivity contribution in [3.8, 4) is 0 Å². The number of rotatable bonds is 10. The highest BCUT2D eigenvalue weighted by molar-refractivity contribution is 7.80. The summed E-state index contributed by atoms with van der Waals surface area (Å²) < 4.78 is 5.61. The molecule has 0 aromatic heterocycles. The van der Waals surface area contributed by atoms with Gasteiger partial charge in [0.1, 0.15) is 0 Å². The second-order valence-electron chi connectivity index (χ2n) is 4.99. The van der Waals surface area contributed by atoms with E-state index in [2.05, 4.69) is 32.6 Å². The number of ether oxygens (including phenoxy) is 1. The zero-order valence-corrected chi connectivity index (χ0v) is 12.6. The minimum atomic E-state index is 0.278. The molecule has 0 amide bonds. The van der Waals surface area contributed by atoms with Crippen molar-refractivity contribution in [2.24, 2.45) is 17.6 Å². The second-order valence-corrected chi connectivity index (χ2v) is 5.46. The van der Waals surface area contributed by atoms with Crippen LogP contribution >= 0.6 is 12.2 Å². The van der Waals surface area contributed by atoms with Crippen LogP contribution in [0.15, 0.2) is 0 Å². The lowest BCUT2D eigenvalue weighted by Gasteiger charge is -2.23. The van der Waals surface area contributed by atoms with Crippen molar-refractivity contribution in [3.05, 3.63) is 0 Å². The fourth-order valence-electron chi connectivity index (χ4n) is 1.47. The Kier molecular flexibility index (Phi) is 9.69. The Labute approximate surface area is 112 Å². The molecule has 0 saturated carbocycles. The molecule has 1 unspecified atom stereocenters. The Balaban J connectivity index is 3.64. The van der Waals surface area contributed by atoms with Crippen LogP contribution in [0.1, 0.15) is 34.1 Å². The normalized spacial score (nSPS) is 13.3. The van der Waals surface area contributed by atoms with Gasteiger partial charge in [-0.15, -0.1) is 0 Å². The fourth-order valence-corrected chi connectivity index (χ4v) is 1.55. The van der Waals surface area contributed by atoms with Crippen molar-refractivity contribution in [1.29, 1.82) is 0 Å². The van der Waals surface area contributed by atoms with Crippen LogP contribution in [0.5, 0.6) is 0 Å². The van der Waals surface area contributed by atoms with Gasteiger partial charge in [0.05, 0.1) is 11.6 Å². The van der Waals surface area contributed by atoms with Crippen LogP contribution in [0.25, 0.3) is 0 Å². The van der Waals surface area contributed by atoms with Crippen LogP contribution in [-0.2, 0) is 4.74 Å². The van der Waals surface area contributed by atoms with Gasteiger partial charge in [0.2, 0.25) is 0 Å². The Morgan fingerprint density at radius 3 is 2.41 bits per heavy atom. The van der Waals surface area contributed by atoms with E-state index in [1.54, 1.807) is 0 Å². The molecule has 0 rings (SSSR count). The molecule has 1 atom stereocenters. The Bertz CT molecular complexity index is 210. The topological polar surface area (TPSA) is 38.5 Å². The summed E-state index contributed by atoms with van der Waals surface area (Å²) >= 11 is 4.99. The zero-order valence-electron chi connectivity index (χ0n) is 11.7. The molecule has 17 heavy (non-hydrogen) atoms. The van der Waals surface area contributed by atoms with Gasteiger partial charge < -0.3 is 15.4 Å². The van der Waals surface area contributed by atoms with Crippen molar-refractivity contribution in [2.45, 2.75) is 34.1 Å². The van der Waals surface area contributed by atoms with E-state index in [1.807, 2.05) is 0 Å². The maximum atomic E-state index is 5.62. The highest BCUT2D eigenvalue weighted by atomic mass is 32.1. The fraction of sp³-hybridized carbons (Fsp3) is 0.923. The van der Waals surface area contributed by atoms with E-state index >= 15 is 0 Å². The number of nitrogens with zero attached hydrogens (tertiary/aromatic N) is 1. The quantitative estimate of drug-likeness (QED) is 0.483. The predicted octanol–water partition coefficient (Wildman–Crippen LogP) is 2.29. The molecule has 0 bridgehead atoms. The molecule has 2 N–H and O–H groups in total. The average molecular weight is 260 g/mol. The Hall–Kier alpha value is -0.190. The molecule has 0 saturated heterocycles. The summed E-state index contributed by atoms with van der Waals surface area (Å²) in [6.45, 7) is 13.2. The first kappa shape index (κ1) is 16.8. The van der Waals surface area contributed by atoms with Gasteiger partial charge in [0.15, 0.2) is 0 Å². The van der Waals surface area contributed by atoms with Crippen molar-refractivity contribution in [2.75, 3.05) is 32.8 Å². The maximum Gasteiger partial charge on any atom is 0.0768 e. The highest BCUT2D eigenvalue weighted by Crippen LogP contribution is 2.02. The molecule has 0 spiro atoms. The molecule has 0 aromatic carbocycles. The predicted molar refractivity (Wildman–Crippen MR) is 78.3 cm³/mol. The van der Waals surface area contributed by atoms with E-state index in [9.17, 15) is 0 Å². The summed E-state index contributed by atoms with van der Waals surface area (Å²) in [6.07, 6.45) is 1.13. The molecule has 0 aliphatic carbocycles. The van der Waals surface area contributed by atoms with Gasteiger partial charge in [-0.2, -0.15) is 0 Å². The number of thiocarbonyl (C=S) groups is 1. The molecule has 3 nitrogen and oxygen atoms in total. The first-order valence-corrected chi connectivity index (χ1v) is 6.97. The van der Waals surface area contributed by atoms with Crippen LogP contribution in [0.4, 0.5) is 0 Å². The van der Waals surface area contributed by atoms with Gasteiger partial charge in [-0.05, 0) is 18.9 Å². The number of hydrogen-bond acceptors (Lipinski definition) is 3. The van der Waals surface area contributed by atoms with Gasteiger partial charge in [-0.1, -0.05) is 39.9 Å². The zero-order chi connectivity index (χ0) is 13.3. The number of likely N-dealkylation sites (N-methyl/N-ethyl adjacent to an activating group) is 1. The van der Waals surface area contributed by atoms with Gasteiger partial charge in [-0.3, -0.25) is 0 Å². The first-order chi connectivity index (χ1) is 7.97. The summed E-state index contributed by atoms with van der Waals surface area (Å²) in [4.78, 5) is 2.93. The van der Waals surface area contributed by atoms with Gasteiger partial charge in [0, 0.05) is 25.6 Å². The summed E-state index contributed by atoms with van der Waals surface area (Å²) in [7, 11) is 0. The third-order valence-electron chi connectivity index (χ3n) is 2.86. The van der Waals surface area contributed by atoms with Crippen molar-refractivity contribution in [3.63, 3.8) is 0 Å². The first-order valence-electron chi connectivity index (χ1n) is 6.56. The molecular formula is C13H28N2OS. The van der Waals surface area contributed by atoms with E-state index in [0.717, 1.165) is 39.3 Å². The molecule has 0 fully saturated rings. The van der Waals surface area contributed by atoms with E-state index in [-0.39, 0.29) is 5.92 Å². The van der Waals surface area contributed by atoms with Gasteiger partial charge >= 0.3 is 0 Å². The van der Waals surface area contributed by atoms with E-state index in [0.29, 0.717) is 10.9 Å². The lowest BCUT2D eigenvalue weighted by molar-refractivity contribution is 0.0957. The van der Waals surface area contributed by atoms with Crippen molar-refractivity contribution in [1.82, 2.24) is 4.90 Å². The molecule has 0 aliphatic heterocycles. The van der Waals surface area contributed by atoms with E-state index in [4.69, 9.17) is 22.7 Å². The van der Waals surface area contributed by atoms with E-state index < -0.39 is 0 Å². The van der Waals surface area contributed by atoms with Crippen molar-refractivity contribution < 1.29 is 4.74 Å². The molecular weight excluding hydrogens is 232 g/mol. The minimum Gasteiger partial charge on any atom is -0.393 e. The second kappa shape index (κ2) is 9.80. The maximum absolute atomic E-state index is 5.62. The lowest BCUT2D eigenvalue weighted by Crippen LogP contribution is -2.36. The SMILES string of the molecule is CCN(CCOCCC(C)C)CC(C)C(N)=S. The molecule has 0 heterocycles. The highest BCUT2D eigenvalue weighted by Gasteiger charge is 2.10.